The summed E-state index contributed by atoms with van der Waals surface area (Å²) in [4.78, 5) is 23.0. The third kappa shape index (κ3) is 3.91. The number of anilines is 2. The average molecular weight is 432 g/mol. The number of carbonyl (C=O) groups excluding carboxylic acids is 1. The Kier molecular flexibility index (Phi) is 5.49. The van der Waals surface area contributed by atoms with E-state index in [4.69, 9.17) is 0 Å². The Morgan fingerprint density at radius 1 is 1.19 bits per heavy atom. The number of imidazole rings is 1. The number of amides is 1. The first-order chi connectivity index (χ1) is 15.6. The lowest BCUT2D eigenvalue weighted by atomic mass is 9.94. The van der Waals surface area contributed by atoms with Crippen molar-refractivity contribution in [3.63, 3.8) is 0 Å². The number of benzene rings is 2. The summed E-state index contributed by atoms with van der Waals surface area (Å²) in [5, 5.41) is 6.62. The summed E-state index contributed by atoms with van der Waals surface area (Å²) in [5.41, 5.74) is 4.49. The molecule has 1 amide bonds. The lowest BCUT2D eigenvalue weighted by Crippen LogP contribution is -2.38. The number of fused-ring (bicyclic) bond motifs is 1. The first kappa shape index (κ1) is 20.5. The van der Waals surface area contributed by atoms with E-state index in [1.54, 1.807) is 24.5 Å². The largest absolute Gasteiger partial charge is 0.382 e. The van der Waals surface area contributed by atoms with Crippen molar-refractivity contribution in [2.45, 2.75) is 25.8 Å². The number of hydrogen-bond acceptors (Lipinski definition) is 4. The van der Waals surface area contributed by atoms with Gasteiger partial charge in [-0.25, -0.2) is 9.37 Å². The van der Waals surface area contributed by atoms with E-state index in [1.165, 1.54) is 12.1 Å². The summed E-state index contributed by atoms with van der Waals surface area (Å²) in [7, 11) is 0. The van der Waals surface area contributed by atoms with Crippen LogP contribution in [0.2, 0.25) is 0 Å². The highest BCUT2D eigenvalue weighted by atomic mass is 19.1. The van der Waals surface area contributed by atoms with E-state index in [2.05, 4.69) is 32.4 Å². The maximum absolute atomic E-state index is 13.6. The number of likely N-dealkylation sites (tertiary alicyclic amines) is 1. The van der Waals surface area contributed by atoms with Gasteiger partial charge in [-0.3, -0.25) is 4.79 Å². The Morgan fingerprint density at radius 2 is 1.97 bits per heavy atom. The highest BCUT2D eigenvalue weighted by molar-refractivity contribution is 6.38. The quantitative estimate of drug-likeness (QED) is 0.525. The minimum Gasteiger partial charge on any atom is -0.382 e. The van der Waals surface area contributed by atoms with Gasteiger partial charge in [-0.15, -0.1) is 0 Å². The molecule has 7 heteroatoms. The van der Waals surface area contributed by atoms with Gasteiger partial charge >= 0.3 is 0 Å². The van der Waals surface area contributed by atoms with Crippen molar-refractivity contribution in [2.75, 3.05) is 30.3 Å². The average Bonchev–Trinajstić information content (AvgIpc) is 3.44. The van der Waals surface area contributed by atoms with Gasteiger partial charge in [-0.05, 0) is 55.3 Å². The molecule has 164 valence electrons. The van der Waals surface area contributed by atoms with Crippen LogP contribution in [0.25, 0.3) is 11.1 Å². The summed E-state index contributed by atoms with van der Waals surface area (Å²) in [6, 6.07) is 12.5. The highest BCUT2D eigenvalue weighted by Crippen LogP contribution is 2.40. The molecule has 0 spiro atoms. The fraction of sp³-hybridized carbons (Fsp3) is 0.280. The normalized spacial score (nSPS) is 18.4. The zero-order valence-electron chi connectivity index (χ0n) is 18.0. The fourth-order valence-corrected chi connectivity index (χ4v) is 4.55. The minimum atomic E-state index is -0.325. The van der Waals surface area contributed by atoms with Crippen LogP contribution in [-0.4, -0.2) is 46.5 Å². The molecule has 1 saturated heterocycles. The molecule has 3 N–H and O–H groups in total. The summed E-state index contributed by atoms with van der Waals surface area (Å²) in [5.74, 6) is 0.0541. The van der Waals surface area contributed by atoms with Crippen molar-refractivity contribution in [3.05, 3.63) is 77.6 Å². The molecule has 3 heterocycles. The summed E-state index contributed by atoms with van der Waals surface area (Å²) < 4.78 is 13.6. The number of aromatic amines is 1. The van der Waals surface area contributed by atoms with Crippen LogP contribution in [0.5, 0.6) is 0 Å². The van der Waals surface area contributed by atoms with Crippen LogP contribution >= 0.6 is 0 Å². The summed E-state index contributed by atoms with van der Waals surface area (Å²) in [6.45, 7) is 5.48. The molecular formula is C25H26FN5O. The molecule has 2 aromatic carbocycles. The summed E-state index contributed by atoms with van der Waals surface area (Å²) in [6.07, 6.45) is 5.55. The van der Waals surface area contributed by atoms with Crippen LogP contribution in [0.1, 0.15) is 36.7 Å². The lowest BCUT2D eigenvalue weighted by molar-refractivity contribution is -0.110. The van der Waals surface area contributed by atoms with Crippen molar-refractivity contribution in [1.82, 2.24) is 14.9 Å². The van der Waals surface area contributed by atoms with Crippen LogP contribution in [0.4, 0.5) is 15.8 Å². The van der Waals surface area contributed by atoms with E-state index in [0.717, 1.165) is 55.0 Å². The molecule has 1 fully saturated rings. The van der Waals surface area contributed by atoms with E-state index in [-0.39, 0.29) is 11.7 Å². The minimum absolute atomic E-state index is 0.191. The van der Waals surface area contributed by atoms with Crippen LogP contribution in [0, 0.1) is 5.82 Å². The van der Waals surface area contributed by atoms with Crippen molar-refractivity contribution in [2.24, 2.45) is 0 Å². The van der Waals surface area contributed by atoms with E-state index < -0.39 is 0 Å². The van der Waals surface area contributed by atoms with Crippen molar-refractivity contribution in [1.29, 1.82) is 0 Å². The molecule has 6 nitrogen and oxygen atoms in total. The van der Waals surface area contributed by atoms with E-state index in [0.29, 0.717) is 23.0 Å². The van der Waals surface area contributed by atoms with Crippen LogP contribution in [0.3, 0.4) is 0 Å². The predicted molar refractivity (Wildman–Crippen MR) is 125 cm³/mol. The van der Waals surface area contributed by atoms with Crippen LogP contribution in [0.15, 0.2) is 54.9 Å². The van der Waals surface area contributed by atoms with Crippen molar-refractivity contribution in [3.8, 4) is 0 Å². The molecule has 0 atom stereocenters. The molecule has 0 radical (unpaired) electrons. The van der Waals surface area contributed by atoms with E-state index >= 15 is 0 Å². The van der Waals surface area contributed by atoms with Gasteiger partial charge in [-0.2, -0.15) is 0 Å². The second-order valence-corrected chi connectivity index (χ2v) is 8.26. The van der Waals surface area contributed by atoms with Gasteiger partial charge in [0, 0.05) is 54.0 Å². The number of halogens is 1. The predicted octanol–water partition coefficient (Wildman–Crippen LogP) is 4.36. The molecule has 2 aliphatic rings. The van der Waals surface area contributed by atoms with Crippen LogP contribution < -0.4 is 10.6 Å². The highest BCUT2D eigenvalue weighted by Gasteiger charge is 2.30. The van der Waals surface area contributed by atoms with Crippen LogP contribution in [-0.2, 0) is 4.79 Å². The Hall–Kier alpha value is -3.45. The van der Waals surface area contributed by atoms with Gasteiger partial charge in [-0.1, -0.05) is 19.1 Å². The first-order valence-electron chi connectivity index (χ1n) is 11.1. The van der Waals surface area contributed by atoms with Gasteiger partial charge in [0.25, 0.3) is 5.91 Å². The van der Waals surface area contributed by atoms with Gasteiger partial charge < -0.3 is 20.5 Å². The number of rotatable bonds is 5. The monoisotopic (exact) mass is 431 g/mol. The second-order valence-electron chi connectivity index (χ2n) is 8.26. The Bertz CT molecular complexity index is 1150. The Labute approximate surface area is 186 Å². The molecule has 0 aliphatic carbocycles. The van der Waals surface area contributed by atoms with E-state index in [1.807, 2.05) is 18.2 Å². The molecule has 5 rings (SSSR count). The second kappa shape index (κ2) is 8.59. The number of nitrogens with one attached hydrogen (secondary N) is 3. The molecule has 0 saturated carbocycles. The lowest BCUT2D eigenvalue weighted by Gasteiger charge is -2.32. The van der Waals surface area contributed by atoms with Crippen molar-refractivity contribution < 1.29 is 9.18 Å². The molecule has 3 aromatic rings. The third-order valence-corrected chi connectivity index (χ3v) is 6.29. The molecule has 32 heavy (non-hydrogen) atoms. The smallest absolute Gasteiger partial charge is 0.257 e. The number of nitrogens with zero attached hydrogens (tertiary/aromatic N) is 2. The maximum atomic E-state index is 13.6. The molecule has 2 aliphatic heterocycles. The zero-order valence-corrected chi connectivity index (χ0v) is 18.0. The maximum Gasteiger partial charge on any atom is 0.257 e. The fourth-order valence-electron chi connectivity index (χ4n) is 4.55. The van der Waals surface area contributed by atoms with Gasteiger partial charge in [0.05, 0.1) is 5.57 Å². The number of piperidine rings is 1. The Morgan fingerprint density at radius 3 is 2.66 bits per heavy atom. The number of hydrogen-bond donors (Lipinski definition) is 3. The molecule has 0 bridgehead atoms. The first-order valence-corrected chi connectivity index (χ1v) is 11.1. The summed E-state index contributed by atoms with van der Waals surface area (Å²) >= 11 is 0. The van der Waals surface area contributed by atoms with Gasteiger partial charge in [0.15, 0.2) is 0 Å². The number of carbonyl (C=O) groups is 1. The van der Waals surface area contributed by atoms with E-state index in [9.17, 15) is 9.18 Å². The molecule has 0 unspecified atom stereocenters. The van der Waals surface area contributed by atoms with Gasteiger partial charge in [0.1, 0.15) is 11.6 Å². The molecule has 1 aromatic heterocycles. The standard InChI is InChI=1S/C25H26FN5O/c1-2-31-13-9-18(10-14-31)29-19-7-8-21-20(15-19)23(25(32)30-21)22(24-27-11-12-28-24)16-3-5-17(26)6-4-16/h3-8,11-12,15,18,29H,2,9-10,13-14H2,1H3,(H,27,28)(H,30,32). The zero-order chi connectivity index (χ0) is 22.1. The molecular weight excluding hydrogens is 405 g/mol. The van der Waals surface area contributed by atoms with Gasteiger partial charge in [0.2, 0.25) is 0 Å². The third-order valence-electron chi connectivity index (χ3n) is 6.29. The topological polar surface area (TPSA) is 73.0 Å². The number of aromatic nitrogens is 2. The Balaban J connectivity index is 1.54. The van der Waals surface area contributed by atoms with Crippen molar-refractivity contribution >= 4 is 28.4 Å². The number of H-pyrrole nitrogens is 1. The SMILES string of the molecule is CCN1CCC(Nc2ccc3c(c2)C(=C(c2ccc(F)cc2)c2ncc[nH]2)C(=O)N3)CC1.